The number of rotatable bonds is 0. The highest BCUT2D eigenvalue weighted by Gasteiger charge is 2.11. The molecule has 0 amide bonds. The van der Waals surface area contributed by atoms with Crippen molar-refractivity contribution < 1.29 is 0 Å². The number of nitrogens with two attached hydrogens (primary N) is 2. The minimum absolute atomic E-state index is 0.293. The molecule has 68 valence electrons. The van der Waals surface area contributed by atoms with E-state index in [9.17, 15) is 0 Å². The van der Waals surface area contributed by atoms with Crippen molar-refractivity contribution in [3.63, 3.8) is 0 Å². The molecule has 0 radical (unpaired) electrons. The third kappa shape index (κ3) is 3.51. The highest BCUT2D eigenvalue weighted by atomic mass is 15.0. The summed E-state index contributed by atoms with van der Waals surface area (Å²) >= 11 is 0. The molecule has 0 aliphatic rings. The van der Waals surface area contributed by atoms with Gasteiger partial charge in [-0.05, 0) is 11.0 Å². The molecular weight excluding hydrogens is 148 g/mol. The van der Waals surface area contributed by atoms with Crippen molar-refractivity contribution in [3.8, 4) is 0 Å². The van der Waals surface area contributed by atoms with Crippen LogP contribution in [0.1, 0.15) is 26.3 Å². The Hall–Kier alpha value is -0.860. The summed E-state index contributed by atoms with van der Waals surface area (Å²) in [5, 5.41) is 0. The highest BCUT2D eigenvalue weighted by Crippen LogP contribution is 2.20. The number of hydrogen-bond donors (Lipinski definition) is 2. The summed E-state index contributed by atoms with van der Waals surface area (Å²) in [6, 6.07) is 10.6. The van der Waals surface area contributed by atoms with Crippen LogP contribution in [0.2, 0.25) is 0 Å². The van der Waals surface area contributed by atoms with Gasteiger partial charge in [0.15, 0.2) is 0 Å². The van der Waals surface area contributed by atoms with Crippen LogP contribution in [-0.2, 0) is 5.41 Å². The monoisotopic (exact) mass is 166 g/mol. The van der Waals surface area contributed by atoms with Gasteiger partial charge in [-0.3, -0.25) is 11.7 Å². The summed E-state index contributed by atoms with van der Waals surface area (Å²) in [6.07, 6.45) is 0. The van der Waals surface area contributed by atoms with Crippen molar-refractivity contribution in [1.82, 2.24) is 0 Å². The second-order valence-corrected chi connectivity index (χ2v) is 3.62. The van der Waals surface area contributed by atoms with Gasteiger partial charge >= 0.3 is 0 Å². The smallest absolute Gasteiger partial charge is 0.0132 e. The molecule has 0 unspecified atom stereocenters. The van der Waals surface area contributed by atoms with Gasteiger partial charge in [0, 0.05) is 0 Å². The summed E-state index contributed by atoms with van der Waals surface area (Å²) < 4.78 is 0. The van der Waals surface area contributed by atoms with Crippen molar-refractivity contribution in [2.45, 2.75) is 26.2 Å². The molecule has 0 fully saturated rings. The lowest BCUT2D eigenvalue weighted by molar-refractivity contribution is 0.590. The van der Waals surface area contributed by atoms with Crippen molar-refractivity contribution in [2.24, 2.45) is 11.7 Å². The molecule has 0 bridgehead atoms. The molecule has 12 heavy (non-hydrogen) atoms. The van der Waals surface area contributed by atoms with Gasteiger partial charge in [-0.2, -0.15) is 0 Å². The summed E-state index contributed by atoms with van der Waals surface area (Å²) in [5.41, 5.74) is 1.69. The number of hydrogen-bond acceptors (Lipinski definition) is 2. The molecule has 4 N–H and O–H groups in total. The van der Waals surface area contributed by atoms with E-state index in [1.165, 1.54) is 5.56 Å². The number of hydrazine groups is 1. The first-order valence-electron chi connectivity index (χ1n) is 3.99. The molecule has 0 saturated carbocycles. The molecule has 0 aliphatic carbocycles. The van der Waals surface area contributed by atoms with Crippen molar-refractivity contribution in [3.05, 3.63) is 35.9 Å². The van der Waals surface area contributed by atoms with E-state index in [4.69, 9.17) is 0 Å². The van der Waals surface area contributed by atoms with Crippen molar-refractivity contribution >= 4 is 0 Å². The Balaban J connectivity index is 0.000000561. The fourth-order valence-electron chi connectivity index (χ4n) is 0.938. The molecular formula is C10H18N2. The molecule has 0 saturated heterocycles. The van der Waals surface area contributed by atoms with E-state index in [0.29, 0.717) is 5.41 Å². The summed E-state index contributed by atoms with van der Waals surface area (Å²) in [6.45, 7) is 6.67. The first-order valence-corrected chi connectivity index (χ1v) is 3.99. The summed E-state index contributed by atoms with van der Waals surface area (Å²) in [5.74, 6) is 8.00. The zero-order valence-electron chi connectivity index (χ0n) is 8.04. The Labute approximate surface area is 74.5 Å². The van der Waals surface area contributed by atoms with Crippen molar-refractivity contribution in [2.75, 3.05) is 0 Å². The van der Waals surface area contributed by atoms with E-state index >= 15 is 0 Å². The van der Waals surface area contributed by atoms with E-state index in [0.717, 1.165) is 0 Å². The van der Waals surface area contributed by atoms with Crippen LogP contribution in [0.3, 0.4) is 0 Å². The van der Waals surface area contributed by atoms with E-state index in [-0.39, 0.29) is 0 Å². The first-order chi connectivity index (χ1) is 5.61. The minimum atomic E-state index is 0.293. The van der Waals surface area contributed by atoms with Gasteiger partial charge in [-0.15, -0.1) is 0 Å². The third-order valence-corrected chi connectivity index (χ3v) is 1.64. The van der Waals surface area contributed by atoms with Crippen LogP contribution in [0.4, 0.5) is 0 Å². The van der Waals surface area contributed by atoms with Crippen LogP contribution in [0, 0.1) is 0 Å². The fourth-order valence-corrected chi connectivity index (χ4v) is 0.938. The van der Waals surface area contributed by atoms with E-state index in [2.05, 4.69) is 62.8 Å². The second-order valence-electron chi connectivity index (χ2n) is 3.62. The van der Waals surface area contributed by atoms with Gasteiger partial charge in [0.05, 0.1) is 0 Å². The van der Waals surface area contributed by atoms with Crippen molar-refractivity contribution in [1.29, 1.82) is 0 Å². The lowest BCUT2D eigenvalue weighted by Gasteiger charge is -2.18. The Morgan fingerprint density at radius 3 is 1.58 bits per heavy atom. The van der Waals surface area contributed by atoms with Crippen LogP contribution in [0.5, 0.6) is 0 Å². The van der Waals surface area contributed by atoms with Gasteiger partial charge in [-0.25, -0.2) is 0 Å². The van der Waals surface area contributed by atoms with E-state index in [1.807, 2.05) is 0 Å². The average Bonchev–Trinajstić information content (AvgIpc) is 2.08. The maximum Gasteiger partial charge on any atom is -0.0132 e. The average molecular weight is 166 g/mol. The molecule has 2 heteroatoms. The zero-order valence-corrected chi connectivity index (χ0v) is 8.04. The number of benzene rings is 1. The molecule has 0 aromatic heterocycles. The normalized spacial score (nSPS) is 10.1. The second kappa shape index (κ2) is 4.91. The quantitative estimate of drug-likeness (QED) is 0.456. The predicted octanol–water partition coefficient (Wildman–Crippen LogP) is 1.80. The van der Waals surface area contributed by atoms with Gasteiger partial charge in [0.25, 0.3) is 0 Å². The zero-order chi connectivity index (χ0) is 9.61. The Kier molecular flexibility index (Phi) is 4.55. The highest BCUT2D eigenvalue weighted by molar-refractivity contribution is 5.21. The minimum Gasteiger partial charge on any atom is -0.274 e. The molecule has 0 heterocycles. The van der Waals surface area contributed by atoms with E-state index < -0.39 is 0 Å². The fraction of sp³-hybridized carbons (Fsp3) is 0.400. The maximum absolute atomic E-state index is 4.00. The van der Waals surface area contributed by atoms with Crippen LogP contribution in [0.15, 0.2) is 30.3 Å². The summed E-state index contributed by atoms with van der Waals surface area (Å²) in [7, 11) is 0. The standard InChI is InChI=1S/C10H14.H4N2/c1-10(2,3)9-7-5-4-6-8-9;1-2/h4-8H,1-3H3;1-2H2. The van der Waals surface area contributed by atoms with Gasteiger partial charge in [-0.1, -0.05) is 51.1 Å². The molecule has 0 atom stereocenters. The van der Waals surface area contributed by atoms with Crippen LogP contribution < -0.4 is 11.7 Å². The molecule has 0 spiro atoms. The largest absolute Gasteiger partial charge is 0.274 e. The van der Waals surface area contributed by atoms with Crippen LogP contribution in [0.25, 0.3) is 0 Å². The lowest BCUT2D eigenvalue weighted by Crippen LogP contribution is -2.10. The Morgan fingerprint density at radius 1 is 0.917 bits per heavy atom. The first kappa shape index (κ1) is 11.1. The Morgan fingerprint density at radius 2 is 1.33 bits per heavy atom. The SMILES string of the molecule is CC(C)(C)c1ccccc1.NN. The molecule has 1 aromatic carbocycles. The third-order valence-electron chi connectivity index (χ3n) is 1.64. The maximum atomic E-state index is 4.00. The van der Waals surface area contributed by atoms with E-state index in [1.54, 1.807) is 0 Å². The molecule has 2 nitrogen and oxygen atoms in total. The van der Waals surface area contributed by atoms with Crippen LogP contribution >= 0.6 is 0 Å². The van der Waals surface area contributed by atoms with Gasteiger partial charge < -0.3 is 0 Å². The molecule has 1 aromatic rings. The van der Waals surface area contributed by atoms with Gasteiger partial charge in [0.1, 0.15) is 0 Å². The lowest BCUT2D eigenvalue weighted by atomic mass is 9.87. The van der Waals surface area contributed by atoms with Gasteiger partial charge in [0.2, 0.25) is 0 Å². The topological polar surface area (TPSA) is 52.0 Å². The van der Waals surface area contributed by atoms with Crippen LogP contribution in [-0.4, -0.2) is 0 Å². The summed E-state index contributed by atoms with van der Waals surface area (Å²) in [4.78, 5) is 0. The Bertz CT molecular complexity index is 199. The predicted molar refractivity (Wildman–Crippen MR) is 53.5 cm³/mol. The molecule has 0 aliphatic heterocycles. The molecule has 1 rings (SSSR count).